The zero-order chi connectivity index (χ0) is 15.8. The van der Waals surface area contributed by atoms with E-state index in [-0.39, 0.29) is 5.56 Å². The molecule has 23 heavy (non-hydrogen) atoms. The quantitative estimate of drug-likeness (QED) is 0.548. The van der Waals surface area contributed by atoms with Crippen molar-refractivity contribution in [3.05, 3.63) is 63.7 Å². The SMILES string of the molecule is O=c1[nH]c(CSc2nc3ccccc3s2)nc2ccc(Cl)cc12. The molecule has 0 saturated carbocycles. The van der Waals surface area contributed by atoms with Crippen molar-refractivity contribution in [3.63, 3.8) is 0 Å². The first kappa shape index (κ1) is 14.7. The summed E-state index contributed by atoms with van der Waals surface area (Å²) in [4.78, 5) is 24.0. The Hall–Kier alpha value is -1.89. The number of thioether (sulfide) groups is 1. The van der Waals surface area contributed by atoms with Gasteiger partial charge in [-0.15, -0.1) is 11.3 Å². The van der Waals surface area contributed by atoms with Crippen LogP contribution in [0, 0.1) is 0 Å². The second-order valence-electron chi connectivity index (χ2n) is 4.91. The van der Waals surface area contributed by atoms with Gasteiger partial charge >= 0.3 is 0 Å². The Bertz CT molecular complexity index is 1040. The molecular formula is C16H10ClN3OS2. The summed E-state index contributed by atoms with van der Waals surface area (Å²) in [5, 5.41) is 1.03. The van der Waals surface area contributed by atoms with Crippen LogP contribution < -0.4 is 5.56 Å². The number of hydrogen-bond acceptors (Lipinski definition) is 5. The van der Waals surface area contributed by atoms with Crippen LogP contribution in [0.15, 0.2) is 51.6 Å². The van der Waals surface area contributed by atoms with Gasteiger partial charge < -0.3 is 4.98 Å². The van der Waals surface area contributed by atoms with Gasteiger partial charge in [-0.25, -0.2) is 9.97 Å². The second-order valence-corrected chi connectivity index (χ2v) is 7.60. The number of nitrogens with one attached hydrogen (secondary N) is 1. The van der Waals surface area contributed by atoms with E-state index in [1.54, 1.807) is 41.3 Å². The minimum atomic E-state index is -0.169. The Morgan fingerprint density at radius 1 is 1.13 bits per heavy atom. The molecule has 0 fully saturated rings. The predicted octanol–water partition coefficient (Wildman–Crippen LogP) is 4.48. The fraction of sp³-hybridized carbons (Fsp3) is 0.0625. The topological polar surface area (TPSA) is 58.6 Å². The number of nitrogens with zero attached hydrogens (tertiary/aromatic N) is 2. The van der Waals surface area contributed by atoms with Gasteiger partial charge in [0.1, 0.15) is 5.82 Å². The van der Waals surface area contributed by atoms with Crippen LogP contribution in [0.5, 0.6) is 0 Å². The van der Waals surface area contributed by atoms with Gasteiger partial charge in [-0.3, -0.25) is 4.79 Å². The molecule has 2 heterocycles. The maximum absolute atomic E-state index is 12.1. The Balaban J connectivity index is 1.62. The van der Waals surface area contributed by atoms with Gasteiger partial charge in [0.15, 0.2) is 4.34 Å². The monoisotopic (exact) mass is 359 g/mol. The van der Waals surface area contributed by atoms with Crippen molar-refractivity contribution in [1.82, 2.24) is 15.0 Å². The lowest BCUT2D eigenvalue weighted by atomic mass is 10.2. The molecule has 0 amide bonds. The lowest BCUT2D eigenvalue weighted by Crippen LogP contribution is -2.11. The summed E-state index contributed by atoms with van der Waals surface area (Å²) in [6.45, 7) is 0. The number of hydrogen-bond donors (Lipinski definition) is 1. The molecule has 0 atom stereocenters. The summed E-state index contributed by atoms with van der Waals surface area (Å²) in [5.74, 6) is 1.20. The highest BCUT2D eigenvalue weighted by Crippen LogP contribution is 2.30. The Morgan fingerprint density at radius 2 is 2.00 bits per heavy atom. The predicted molar refractivity (Wildman–Crippen MR) is 96.6 cm³/mol. The van der Waals surface area contributed by atoms with Crippen molar-refractivity contribution in [2.24, 2.45) is 0 Å². The highest BCUT2D eigenvalue weighted by molar-refractivity contribution is 8.00. The lowest BCUT2D eigenvalue weighted by Gasteiger charge is -2.02. The second kappa shape index (κ2) is 5.96. The normalized spacial score (nSPS) is 11.3. The summed E-state index contributed by atoms with van der Waals surface area (Å²) >= 11 is 9.13. The minimum Gasteiger partial charge on any atom is -0.309 e. The van der Waals surface area contributed by atoms with E-state index in [1.165, 1.54) is 0 Å². The van der Waals surface area contributed by atoms with Gasteiger partial charge in [0.25, 0.3) is 5.56 Å². The Morgan fingerprint density at radius 3 is 2.87 bits per heavy atom. The molecule has 0 aliphatic heterocycles. The maximum Gasteiger partial charge on any atom is 0.258 e. The number of aromatic amines is 1. The van der Waals surface area contributed by atoms with Crippen molar-refractivity contribution in [2.75, 3.05) is 0 Å². The highest BCUT2D eigenvalue weighted by atomic mass is 35.5. The van der Waals surface area contributed by atoms with Crippen LogP contribution in [0.2, 0.25) is 5.02 Å². The molecule has 0 aliphatic rings. The van der Waals surface area contributed by atoms with Crippen LogP contribution in [0.3, 0.4) is 0 Å². The number of fused-ring (bicyclic) bond motifs is 2. The smallest absolute Gasteiger partial charge is 0.258 e. The van der Waals surface area contributed by atoms with Crippen molar-refractivity contribution >= 4 is 55.8 Å². The summed E-state index contributed by atoms with van der Waals surface area (Å²) in [6, 6.07) is 13.2. The molecule has 0 saturated heterocycles. The summed E-state index contributed by atoms with van der Waals surface area (Å²) in [7, 11) is 0. The largest absolute Gasteiger partial charge is 0.309 e. The standard InChI is InChI=1S/C16H10ClN3OS2/c17-9-5-6-11-10(7-9)15(21)20-14(18-11)8-22-16-19-12-3-1-2-4-13(12)23-16/h1-7H,8H2,(H,18,20,21). The van der Waals surface area contributed by atoms with Crippen LogP contribution in [0.25, 0.3) is 21.1 Å². The number of thiazole rings is 1. The van der Waals surface area contributed by atoms with Gasteiger partial charge in [-0.1, -0.05) is 35.5 Å². The first-order valence-corrected chi connectivity index (χ1v) is 9.04. The number of benzene rings is 2. The van der Waals surface area contributed by atoms with Crippen molar-refractivity contribution in [3.8, 4) is 0 Å². The molecule has 0 radical (unpaired) electrons. The number of aromatic nitrogens is 3. The molecule has 0 bridgehead atoms. The van der Waals surface area contributed by atoms with E-state index in [4.69, 9.17) is 11.6 Å². The third kappa shape index (κ3) is 2.97. The fourth-order valence-electron chi connectivity index (χ4n) is 2.27. The Kier molecular flexibility index (Phi) is 3.80. The molecular weight excluding hydrogens is 350 g/mol. The van der Waals surface area contributed by atoms with E-state index in [0.717, 1.165) is 14.6 Å². The van der Waals surface area contributed by atoms with Gasteiger partial charge in [-0.2, -0.15) is 0 Å². The van der Waals surface area contributed by atoms with Crippen molar-refractivity contribution in [1.29, 1.82) is 0 Å². The lowest BCUT2D eigenvalue weighted by molar-refractivity contribution is 1.04. The van der Waals surface area contributed by atoms with Crippen LogP contribution >= 0.6 is 34.7 Å². The summed E-state index contributed by atoms with van der Waals surface area (Å²) in [5.41, 5.74) is 1.48. The molecule has 2 aromatic heterocycles. The molecule has 0 aliphatic carbocycles. The molecule has 1 N–H and O–H groups in total. The van der Waals surface area contributed by atoms with E-state index >= 15 is 0 Å². The Labute approximate surface area is 144 Å². The van der Waals surface area contributed by atoms with Crippen molar-refractivity contribution in [2.45, 2.75) is 10.1 Å². The van der Waals surface area contributed by atoms with Gasteiger partial charge in [0.05, 0.1) is 26.9 Å². The third-order valence-electron chi connectivity index (χ3n) is 3.32. The maximum atomic E-state index is 12.1. The molecule has 114 valence electrons. The van der Waals surface area contributed by atoms with Crippen LogP contribution in [-0.4, -0.2) is 15.0 Å². The first-order valence-electron chi connectivity index (χ1n) is 6.86. The molecule has 2 aromatic carbocycles. The van der Waals surface area contributed by atoms with Gasteiger partial charge in [0, 0.05) is 5.02 Å². The minimum absolute atomic E-state index is 0.169. The van der Waals surface area contributed by atoms with Crippen LogP contribution in [-0.2, 0) is 5.75 Å². The zero-order valence-electron chi connectivity index (χ0n) is 11.7. The number of para-hydroxylation sites is 1. The average molecular weight is 360 g/mol. The van der Waals surface area contributed by atoms with E-state index in [2.05, 4.69) is 21.0 Å². The van der Waals surface area contributed by atoms with Gasteiger partial charge in [0.2, 0.25) is 0 Å². The summed E-state index contributed by atoms with van der Waals surface area (Å²) < 4.78 is 2.12. The molecule has 4 aromatic rings. The fourth-order valence-corrected chi connectivity index (χ4v) is 4.38. The molecule has 4 nitrogen and oxygen atoms in total. The average Bonchev–Trinajstić information content (AvgIpc) is 2.96. The molecule has 4 rings (SSSR count). The van der Waals surface area contributed by atoms with E-state index < -0.39 is 0 Å². The third-order valence-corrected chi connectivity index (χ3v) is 5.75. The number of halogens is 1. The highest BCUT2D eigenvalue weighted by Gasteiger charge is 2.08. The molecule has 7 heteroatoms. The molecule has 0 spiro atoms. The first-order chi connectivity index (χ1) is 11.2. The number of H-pyrrole nitrogens is 1. The van der Waals surface area contributed by atoms with Gasteiger partial charge in [-0.05, 0) is 30.3 Å². The van der Waals surface area contributed by atoms with Crippen molar-refractivity contribution < 1.29 is 0 Å². The van der Waals surface area contributed by atoms with Crippen LogP contribution in [0.4, 0.5) is 0 Å². The van der Waals surface area contributed by atoms with E-state index in [9.17, 15) is 4.79 Å². The van der Waals surface area contributed by atoms with Crippen LogP contribution in [0.1, 0.15) is 5.82 Å². The van der Waals surface area contributed by atoms with E-state index in [1.807, 2.05) is 18.2 Å². The van der Waals surface area contributed by atoms with E-state index in [0.29, 0.717) is 27.5 Å². The zero-order valence-corrected chi connectivity index (χ0v) is 14.1. The number of rotatable bonds is 3. The summed E-state index contributed by atoms with van der Waals surface area (Å²) in [6.07, 6.45) is 0. The molecule has 0 unspecified atom stereocenters.